The summed E-state index contributed by atoms with van der Waals surface area (Å²) in [6.07, 6.45) is 6.59. The van der Waals surface area contributed by atoms with Crippen LogP contribution in [0.2, 0.25) is 0 Å². The molecule has 0 radical (unpaired) electrons. The van der Waals surface area contributed by atoms with Gasteiger partial charge in [-0.3, -0.25) is 4.90 Å². The first-order valence-corrected chi connectivity index (χ1v) is 10.1. The standard InChI is InChI=1S/C22H28N2O4/c1-4-20-8-5-10-24-11-9-21(18(20)24)15-7-6-14(27-2)12-16(15)23-17(21)22(26,13-20)19(25)28-3/h5-8,12,17-18,23,26H,4,9-11,13H2,1-3H3/t17?,18-,20-,21-,22+/m0/s1. The molecule has 1 spiro atoms. The summed E-state index contributed by atoms with van der Waals surface area (Å²) in [5.41, 5.74) is -0.0671. The predicted octanol–water partition coefficient (Wildman–Crippen LogP) is 2.08. The number of anilines is 1. The number of ether oxygens (including phenoxy) is 2. The molecule has 1 aromatic carbocycles. The fraction of sp³-hybridized carbons (Fsp3) is 0.591. The highest BCUT2D eigenvalue weighted by atomic mass is 16.5. The van der Waals surface area contributed by atoms with E-state index < -0.39 is 17.6 Å². The van der Waals surface area contributed by atoms with Gasteiger partial charge in [-0.15, -0.1) is 0 Å². The van der Waals surface area contributed by atoms with E-state index >= 15 is 0 Å². The lowest BCUT2D eigenvalue weighted by Crippen LogP contribution is -2.73. The van der Waals surface area contributed by atoms with Gasteiger partial charge in [-0.1, -0.05) is 25.1 Å². The molecule has 4 aliphatic rings. The Morgan fingerprint density at radius 3 is 2.93 bits per heavy atom. The average molecular weight is 384 g/mol. The molecule has 5 rings (SSSR count). The highest BCUT2D eigenvalue weighted by molar-refractivity contribution is 5.84. The third-order valence-electron chi connectivity index (χ3n) is 7.82. The quantitative estimate of drug-likeness (QED) is 0.614. The van der Waals surface area contributed by atoms with Crippen LogP contribution in [0.15, 0.2) is 30.4 Å². The lowest BCUT2D eigenvalue weighted by molar-refractivity contribution is -0.179. The van der Waals surface area contributed by atoms with E-state index in [-0.39, 0.29) is 16.9 Å². The van der Waals surface area contributed by atoms with E-state index in [1.165, 1.54) is 12.7 Å². The first kappa shape index (κ1) is 18.0. The zero-order valence-corrected chi connectivity index (χ0v) is 16.7. The summed E-state index contributed by atoms with van der Waals surface area (Å²) >= 11 is 0. The van der Waals surface area contributed by atoms with Crippen LogP contribution in [0.5, 0.6) is 5.75 Å². The molecule has 28 heavy (non-hydrogen) atoms. The number of carbonyl (C=O) groups excluding carboxylic acids is 1. The number of fused-ring (bicyclic) bond motifs is 1. The summed E-state index contributed by atoms with van der Waals surface area (Å²) in [4.78, 5) is 15.5. The Labute approximate surface area is 165 Å². The van der Waals surface area contributed by atoms with Gasteiger partial charge >= 0.3 is 5.97 Å². The van der Waals surface area contributed by atoms with Crippen molar-refractivity contribution in [3.8, 4) is 5.75 Å². The molecule has 0 amide bonds. The Morgan fingerprint density at radius 2 is 2.21 bits per heavy atom. The molecule has 6 heteroatoms. The molecule has 5 atom stereocenters. The van der Waals surface area contributed by atoms with Crippen LogP contribution in [-0.2, 0) is 14.9 Å². The van der Waals surface area contributed by atoms with Gasteiger partial charge in [0.2, 0.25) is 0 Å². The number of hydrogen-bond donors (Lipinski definition) is 2. The zero-order chi connectivity index (χ0) is 19.7. The number of benzene rings is 1. The number of esters is 1. The smallest absolute Gasteiger partial charge is 0.340 e. The second-order valence-electron chi connectivity index (χ2n) is 8.76. The van der Waals surface area contributed by atoms with Gasteiger partial charge in [0, 0.05) is 35.2 Å². The maximum atomic E-state index is 12.9. The SMILES string of the molecule is CC[C@]12C=CCN3CC[C@@]4(c5ccc(OC)cc5NC4[C@@](O)(C(=O)OC)C1)[C@@H]32. The van der Waals surface area contributed by atoms with Gasteiger partial charge in [0.15, 0.2) is 5.60 Å². The number of carbonyl (C=O) groups is 1. The summed E-state index contributed by atoms with van der Waals surface area (Å²) in [5, 5.41) is 15.4. The van der Waals surface area contributed by atoms with Gasteiger partial charge in [0.1, 0.15) is 5.75 Å². The van der Waals surface area contributed by atoms with Gasteiger partial charge < -0.3 is 19.9 Å². The largest absolute Gasteiger partial charge is 0.497 e. The molecular weight excluding hydrogens is 356 g/mol. The normalized spacial score (nSPS) is 40.3. The third-order valence-corrected chi connectivity index (χ3v) is 7.82. The Hall–Kier alpha value is -2.05. The molecule has 3 heterocycles. The molecule has 1 saturated carbocycles. The molecule has 1 aromatic rings. The topological polar surface area (TPSA) is 71.0 Å². The van der Waals surface area contributed by atoms with Crippen molar-refractivity contribution in [1.29, 1.82) is 0 Å². The number of rotatable bonds is 3. The van der Waals surface area contributed by atoms with Crippen LogP contribution in [0.1, 0.15) is 31.7 Å². The Balaban J connectivity index is 1.78. The van der Waals surface area contributed by atoms with Gasteiger partial charge in [0.25, 0.3) is 0 Å². The molecule has 0 bridgehead atoms. The lowest BCUT2D eigenvalue weighted by Gasteiger charge is -2.59. The van der Waals surface area contributed by atoms with Crippen molar-refractivity contribution in [2.75, 3.05) is 32.6 Å². The van der Waals surface area contributed by atoms with Crippen molar-refractivity contribution in [1.82, 2.24) is 4.90 Å². The van der Waals surface area contributed by atoms with Crippen molar-refractivity contribution in [3.63, 3.8) is 0 Å². The minimum absolute atomic E-state index is 0.243. The van der Waals surface area contributed by atoms with Crippen molar-refractivity contribution < 1.29 is 19.4 Å². The monoisotopic (exact) mass is 384 g/mol. The molecule has 1 unspecified atom stereocenters. The first-order valence-electron chi connectivity index (χ1n) is 10.1. The molecule has 0 aromatic heterocycles. The highest BCUT2D eigenvalue weighted by Crippen LogP contribution is 2.65. The van der Waals surface area contributed by atoms with E-state index in [4.69, 9.17) is 9.47 Å². The maximum Gasteiger partial charge on any atom is 0.340 e. The van der Waals surface area contributed by atoms with E-state index in [0.29, 0.717) is 6.42 Å². The van der Waals surface area contributed by atoms with Crippen molar-refractivity contribution >= 4 is 11.7 Å². The second kappa shape index (κ2) is 5.74. The van der Waals surface area contributed by atoms with Crippen LogP contribution < -0.4 is 10.1 Å². The van der Waals surface area contributed by atoms with Crippen LogP contribution in [0, 0.1) is 5.41 Å². The number of methoxy groups -OCH3 is 2. The number of hydrogen-bond acceptors (Lipinski definition) is 6. The minimum Gasteiger partial charge on any atom is -0.497 e. The van der Waals surface area contributed by atoms with E-state index in [0.717, 1.165) is 37.4 Å². The number of aliphatic hydroxyl groups is 1. The number of nitrogens with zero attached hydrogens (tertiary/aromatic N) is 1. The van der Waals surface area contributed by atoms with E-state index in [1.807, 2.05) is 12.1 Å². The molecule has 150 valence electrons. The van der Waals surface area contributed by atoms with Crippen molar-refractivity contribution in [2.24, 2.45) is 5.41 Å². The number of nitrogens with one attached hydrogen (secondary N) is 1. The summed E-state index contributed by atoms with van der Waals surface area (Å²) in [7, 11) is 3.01. The third kappa shape index (κ3) is 1.93. The molecule has 2 N–H and O–H groups in total. The van der Waals surface area contributed by atoms with E-state index in [9.17, 15) is 9.90 Å². The Bertz CT molecular complexity index is 870. The highest BCUT2D eigenvalue weighted by Gasteiger charge is 2.73. The van der Waals surface area contributed by atoms with Crippen LogP contribution in [-0.4, -0.2) is 61.0 Å². The fourth-order valence-corrected chi connectivity index (χ4v) is 6.81. The predicted molar refractivity (Wildman–Crippen MR) is 106 cm³/mol. The van der Waals surface area contributed by atoms with Crippen molar-refractivity contribution in [2.45, 2.75) is 49.3 Å². The zero-order valence-electron chi connectivity index (χ0n) is 16.7. The lowest BCUT2D eigenvalue weighted by atomic mass is 9.49. The van der Waals surface area contributed by atoms with Gasteiger partial charge in [-0.2, -0.15) is 0 Å². The van der Waals surface area contributed by atoms with Crippen molar-refractivity contribution in [3.05, 3.63) is 35.9 Å². The molecule has 6 nitrogen and oxygen atoms in total. The summed E-state index contributed by atoms with van der Waals surface area (Å²) in [5.74, 6) is 0.218. The Morgan fingerprint density at radius 1 is 1.39 bits per heavy atom. The molecule has 2 fully saturated rings. The van der Waals surface area contributed by atoms with Crippen LogP contribution in [0.4, 0.5) is 5.69 Å². The van der Waals surface area contributed by atoms with Crippen LogP contribution in [0.3, 0.4) is 0 Å². The summed E-state index contributed by atoms with van der Waals surface area (Å²) in [6, 6.07) is 5.91. The maximum absolute atomic E-state index is 12.9. The van der Waals surface area contributed by atoms with Gasteiger partial charge in [-0.25, -0.2) is 4.79 Å². The molecular formula is C22H28N2O4. The van der Waals surface area contributed by atoms with Gasteiger partial charge in [0.05, 0.1) is 20.3 Å². The fourth-order valence-electron chi connectivity index (χ4n) is 6.81. The van der Waals surface area contributed by atoms with Gasteiger partial charge in [-0.05, 0) is 37.4 Å². The summed E-state index contributed by atoms with van der Waals surface area (Å²) < 4.78 is 10.5. The van der Waals surface area contributed by atoms with Crippen LogP contribution in [0.25, 0.3) is 0 Å². The summed E-state index contributed by atoms with van der Waals surface area (Å²) in [6.45, 7) is 4.04. The minimum atomic E-state index is -1.59. The average Bonchev–Trinajstić information content (AvgIpc) is 3.28. The Kier molecular flexibility index (Phi) is 3.69. The van der Waals surface area contributed by atoms with Crippen LogP contribution >= 0.6 is 0 Å². The molecule has 1 aliphatic carbocycles. The molecule has 1 saturated heterocycles. The molecule has 3 aliphatic heterocycles. The van der Waals surface area contributed by atoms with E-state index in [1.54, 1.807) is 7.11 Å². The van der Waals surface area contributed by atoms with E-state index in [2.05, 4.69) is 35.4 Å². The first-order chi connectivity index (χ1) is 13.4. The second-order valence-corrected chi connectivity index (χ2v) is 8.76.